The van der Waals surface area contributed by atoms with Crippen molar-refractivity contribution in [1.29, 1.82) is 0 Å². The van der Waals surface area contributed by atoms with Crippen molar-refractivity contribution in [3.8, 4) is 0 Å². The Hall–Kier alpha value is -1.82. The van der Waals surface area contributed by atoms with E-state index >= 15 is 0 Å². The molecule has 5 nitrogen and oxygen atoms in total. The number of guanidine groups is 1. The molecule has 0 bridgehead atoms. The Labute approximate surface area is 152 Å². The molecular weight excluding hydrogens is 366 g/mol. The summed E-state index contributed by atoms with van der Waals surface area (Å²) in [6, 6.07) is 8.38. The van der Waals surface area contributed by atoms with E-state index in [1.54, 1.807) is 0 Å². The molecule has 130 valence electrons. The largest absolute Gasteiger partial charge is 0.357 e. The van der Waals surface area contributed by atoms with Gasteiger partial charge in [-0.25, -0.2) is 4.99 Å². The Morgan fingerprint density at radius 3 is 2.62 bits per heavy atom. The lowest BCUT2D eigenvalue weighted by Crippen LogP contribution is -2.38. The van der Waals surface area contributed by atoms with E-state index in [1.807, 2.05) is 30.8 Å². The van der Waals surface area contributed by atoms with Gasteiger partial charge in [0.05, 0.1) is 18.3 Å². The van der Waals surface area contributed by atoms with Gasteiger partial charge in [-0.15, -0.1) is 0 Å². The summed E-state index contributed by atoms with van der Waals surface area (Å²) in [4.78, 5) is 4.74. The van der Waals surface area contributed by atoms with Gasteiger partial charge in [-0.1, -0.05) is 34.1 Å². The van der Waals surface area contributed by atoms with Crippen molar-refractivity contribution in [2.24, 2.45) is 12.0 Å². The molecule has 0 saturated heterocycles. The van der Waals surface area contributed by atoms with Crippen molar-refractivity contribution >= 4 is 21.9 Å². The Kier molecular flexibility index (Phi) is 6.43. The van der Waals surface area contributed by atoms with Crippen LogP contribution >= 0.6 is 15.9 Å². The van der Waals surface area contributed by atoms with Crippen LogP contribution in [-0.4, -0.2) is 22.3 Å². The average Bonchev–Trinajstić information content (AvgIpc) is 2.78. The van der Waals surface area contributed by atoms with Crippen molar-refractivity contribution in [2.75, 3.05) is 6.54 Å². The maximum absolute atomic E-state index is 4.74. The molecule has 0 aliphatic heterocycles. The molecule has 0 radical (unpaired) electrons. The number of hydrogen-bond donors (Lipinski definition) is 2. The van der Waals surface area contributed by atoms with E-state index in [0.29, 0.717) is 6.54 Å². The number of rotatable bonds is 5. The van der Waals surface area contributed by atoms with Crippen LogP contribution in [0.15, 0.2) is 33.7 Å². The number of aliphatic imine (C=N–C) groups is 1. The first-order chi connectivity index (χ1) is 11.4. The van der Waals surface area contributed by atoms with Crippen LogP contribution in [0.4, 0.5) is 0 Å². The summed E-state index contributed by atoms with van der Waals surface area (Å²) < 4.78 is 3.00. The van der Waals surface area contributed by atoms with E-state index in [1.165, 1.54) is 11.1 Å². The molecule has 2 aromatic rings. The molecule has 0 amide bonds. The lowest BCUT2D eigenvalue weighted by molar-refractivity contribution is 0.683. The molecule has 6 heteroatoms. The first kappa shape index (κ1) is 18.5. The fourth-order valence-electron chi connectivity index (χ4n) is 2.63. The highest BCUT2D eigenvalue weighted by atomic mass is 79.9. The van der Waals surface area contributed by atoms with Crippen LogP contribution in [0.1, 0.15) is 42.4 Å². The van der Waals surface area contributed by atoms with Crippen molar-refractivity contribution in [1.82, 2.24) is 20.4 Å². The maximum atomic E-state index is 4.74. The quantitative estimate of drug-likeness (QED) is 0.604. The van der Waals surface area contributed by atoms with E-state index in [0.717, 1.165) is 28.4 Å². The monoisotopic (exact) mass is 391 g/mol. The highest BCUT2D eigenvalue weighted by Gasteiger charge is 2.12. The van der Waals surface area contributed by atoms with E-state index < -0.39 is 0 Å². The fourth-order valence-corrected chi connectivity index (χ4v) is 3.26. The minimum Gasteiger partial charge on any atom is -0.357 e. The van der Waals surface area contributed by atoms with E-state index in [2.05, 4.69) is 64.6 Å². The molecule has 2 N–H and O–H groups in total. The zero-order valence-electron chi connectivity index (χ0n) is 15.0. The highest BCUT2D eigenvalue weighted by Crippen LogP contribution is 2.22. The van der Waals surface area contributed by atoms with Crippen LogP contribution in [-0.2, 0) is 13.6 Å². The van der Waals surface area contributed by atoms with Gasteiger partial charge in [-0.2, -0.15) is 5.10 Å². The van der Waals surface area contributed by atoms with Crippen LogP contribution < -0.4 is 10.6 Å². The van der Waals surface area contributed by atoms with Gasteiger partial charge in [-0.05, 0) is 39.3 Å². The Bertz CT molecular complexity index is 720. The second-order valence-corrected chi connectivity index (χ2v) is 6.71. The molecular formula is C18H26BrN5. The number of aryl methyl sites for hydroxylation is 2. The van der Waals surface area contributed by atoms with Crippen LogP contribution in [0.25, 0.3) is 0 Å². The SMILES string of the molecule is CCNC(=NCc1c(C)nn(C)c1C)NC(C)c1ccccc1Br. The second-order valence-electron chi connectivity index (χ2n) is 5.86. The third-order valence-electron chi connectivity index (χ3n) is 4.12. The van der Waals surface area contributed by atoms with Crippen LogP contribution in [0.3, 0.4) is 0 Å². The standard InChI is InChI=1S/C18H26BrN5/c1-6-20-18(21-11-16-13(3)23-24(5)14(16)4)22-12(2)15-9-7-8-10-17(15)19/h7-10,12H,6,11H2,1-5H3,(H2,20,21,22). The maximum Gasteiger partial charge on any atom is 0.192 e. The van der Waals surface area contributed by atoms with Gasteiger partial charge in [0, 0.05) is 29.3 Å². The molecule has 0 aliphatic carbocycles. The first-order valence-electron chi connectivity index (χ1n) is 8.22. The second kappa shape index (κ2) is 8.33. The summed E-state index contributed by atoms with van der Waals surface area (Å²) in [5.74, 6) is 0.809. The van der Waals surface area contributed by atoms with Gasteiger partial charge >= 0.3 is 0 Å². The van der Waals surface area contributed by atoms with Gasteiger partial charge in [0.1, 0.15) is 0 Å². The van der Waals surface area contributed by atoms with E-state index in [9.17, 15) is 0 Å². The topological polar surface area (TPSA) is 54.2 Å². The van der Waals surface area contributed by atoms with Gasteiger partial charge in [-0.3, -0.25) is 4.68 Å². The molecule has 0 saturated carbocycles. The van der Waals surface area contributed by atoms with Crippen molar-refractivity contribution in [3.63, 3.8) is 0 Å². The minimum atomic E-state index is 0.148. The van der Waals surface area contributed by atoms with Gasteiger partial charge in [0.25, 0.3) is 0 Å². The molecule has 2 rings (SSSR count). The number of hydrogen-bond acceptors (Lipinski definition) is 2. The Morgan fingerprint density at radius 2 is 2.04 bits per heavy atom. The molecule has 0 spiro atoms. The molecule has 0 aliphatic rings. The van der Waals surface area contributed by atoms with Gasteiger partial charge in [0.2, 0.25) is 0 Å². The predicted octanol–water partition coefficient (Wildman–Crippen LogP) is 3.62. The summed E-state index contributed by atoms with van der Waals surface area (Å²) >= 11 is 3.61. The summed E-state index contributed by atoms with van der Waals surface area (Å²) in [6.07, 6.45) is 0. The molecule has 1 aromatic carbocycles. The summed E-state index contributed by atoms with van der Waals surface area (Å²) in [7, 11) is 1.97. The van der Waals surface area contributed by atoms with Crippen LogP contribution in [0.2, 0.25) is 0 Å². The number of halogens is 1. The van der Waals surface area contributed by atoms with E-state index in [-0.39, 0.29) is 6.04 Å². The van der Waals surface area contributed by atoms with Crippen LogP contribution in [0, 0.1) is 13.8 Å². The molecule has 0 fully saturated rings. The summed E-state index contributed by atoms with van der Waals surface area (Å²) in [5, 5.41) is 11.2. The van der Waals surface area contributed by atoms with Crippen molar-refractivity contribution in [2.45, 2.75) is 40.3 Å². The average molecular weight is 392 g/mol. The van der Waals surface area contributed by atoms with Crippen molar-refractivity contribution < 1.29 is 0 Å². The van der Waals surface area contributed by atoms with Crippen LogP contribution in [0.5, 0.6) is 0 Å². The third-order valence-corrected chi connectivity index (χ3v) is 4.85. The normalized spacial score (nSPS) is 13.0. The van der Waals surface area contributed by atoms with E-state index in [4.69, 9.17) is 4.99 Å². The zero-order chi connectivity index (χ0) is 17.7. The number of aromatic nitrogens is 2. The third kappa shape index (κ3) is 4.38. The lowest BCUT2D eigenvalue weighted by atomic mass is 10.1. The lowest BCUT2D eigenvalue weighted by Gasteiger charge is -2.19. The number of nitrogens with zero attached hydrogens (tertiary/aromatic N) is 3. The number of benzene rings is 1. The summed E-state index contributed by atoms with van der Waals surface area (Å²) in [6.45, 7) is 9.74. The van der Waals surface area contributed by atoms with Gasteiger partial charge in [0.15, 0.2) is 5.96 Å². The minimum absolute atomic E-state index is 0.148. The van der Waals surface area contributed by atoms with Crippen molar-refractivity contribution in [3.05, 3.63) is 51.3 Å². The molecule has 24 heavy (non-hydrogen) atoms. The Morgan fingerprint density at radius 1 is 1.33 bits per heavy atom. The molecule has 1 atom stereocenters. The smallest absolute Gasteiger partial charge is 0.192 e. The molecule has 1 unspecified atom stereocenters. The van der Waals surface area contributed by atoms with Gasteiger partial charge < -0.3 is 10.6 Å². The summed E-state index contributed by atoms with van der Waals surface area (Å²) in [5.41, 5.74) is 4.58. The number of nitrogens with one attached hydrogen (secondary N) is 2. The first-order valence-corrected chi connectivity index (χ1v) is 9.01. The highest BCUT2D eigenvalue weighted by molar-refractivity contribution is 9.10. The predicted molar refractivity (Wildman–Crippen MR) is 103 cm³/mol. The fraction of sp³-hybridized carbons (Fsp3) is 0.444. The molecule has 1 aromatic heterocycles. The molecule has 1 heterocycles. The zero-order valence-corrected chi connectivity index (χ0v) is 16.6. The Balaban J connectivity index is 2.15.